The molecule has 4 aromatic heterocycles. The summed E-state index contributed by atoms with van der Waals surface area (Å²) in [7, 11) is -0.0223. The molecule has 0 radical (unpaired) electrons. The molecule has 0 atom stereocenters. The van der Waals surface area contributed by atoms with Crippen LogP contribution in [-0.4, -0.2) is 42.7 Å². The third-order valence-corrected chi connectivity index (χ3v) is 8.16. The predicted molar refractivity (Wildman–Crippen MR) is 142 cm³/mol. The summed E-state index contributed by atoms with van der Waals surface area (Å²) in [6.45, 7) is 1.84. The molecule has 0 aliphatic heterocycles. The number of benzene rings is 1. The van der Waals surface area contributed by atoms with E-state index < -0.39 is 10.0 Å². The van der Waals surface area contributed by atoms with Crippen LogP contribution in [0.25, 0.3) is 31.8 Å². The van der Waals surface area contributed by atoms with Crippen molar-refractivity contribution in [1.82, 2.24) is 20.2 Å². The Hall–Kier alpha value is -3.47. The quantitative estimate of drug-likeness (QED) is 0.300. The Morgan fingerprint density at radius 3 is 2.63 bits per heavy atom. The van der Waals surface area contributed by atoms with Crippen molar-refractivity contribution >= 4 is 54.6 Å². The van der Waals surface area contributed by atoms with E-state index >= 15 is 0 Å². The summed E-state index contributed by atoms with van der Waals surface area (Å²) in [5, 5.41) is 8.01. The van der Waals surface area contributed by atoms with Crippen molar-refractivity contribution in [1.29, 1.82) is 0 Å². The Morgan fingerprint density at radius 2 is 1.91 bits per heavy atom. The monoisotopic (exact) mass is 524 g/mol. The Balaban J connectivity index is 1.78. The standard InChI is InChI=1S/C24H21ClN6O2S2/c1-14-7-20(30-35(32,33)19-6-4-5-17(25)9-19)22-21(15-8-18(31(2)3)13-26-10-15)23(34-24(22)29-14)16-11-27-28-12-16/h4-13H,1-3H3,(H,27,28)(H,29,30). The van der Waals surface area contributed by atoms with Crippen molar-refractivity contribution in [2.24, 2.45) is 0 Å². The Bertz CT molecular complexity index is 1650. The lowest BCUT2D eigenvalue weighted by Crippen LogP contribution is -2.13. The molecule has 5 rings (SSSR count). The van der Waals surface area contributed by atoms with Gasteiger partial charge in [-0.15, -0.1) is 11.3 Å². The van der Waals surface area contributed by atoms with Gasteiger partial charge < -0.3 is 4.90 Å². The summed E-state index contributed by atoms with van der Waals surface area (Å²) < 4.78 is 29.4. The molecule has 0 amide bonds. The molecule has 0 spiro atoms. The number of aryl methyl sites for hydroxylation is 1. The molecule has 0 unspecified atom stereocenters. The third-order valence-electron chi connectivity index (χ3n) is 5.43. The fourth-order valence-corrected chi connectivity index (χ4v) is 6.41. The highest BCUT2D eigenvalue weighted by Crippen LogP contribution is 2.47. The zero-order valence-electron chi connectivity index (χ0n) is 19.1. The molecule has 0 aliphatic carbocycles. The number of thiophene rings is 1. The number of hydrogen-bond acceptors (Lipinski definition) is 7. The van der Waals surface area contributed by atoms with Crippen LogP contribution in [-0.2, 0) is 10.0 Å². The lowest BCUT2D eigenvalue weighted by Gasteiger charge is -2.15. The van der Waals surface area contributed by atoms with Crippen molar-refractivity contribution in [2.45, 2.75) is 11.8 Å². The molecule has 35 heavy (non-hydrogen) atoms. The van der Waals surface area contributed by atoms with Crippen LogP contribution in [0.2, 0.25) is 5.02 Å². The van der Waals surface area contributed by atoms with Gasteiger partial charge in [0.05, 0.1) is 28.7 Å². The maximum Gasteiger partial charge on any atom is 0.261 e. The summed E-state index contributed by atoms with van der Waals surface area (Å²) in [5.74, 6) is 0. The lowest BCUT2D eigenvalue weighted by atomic mass is 10.0. The van der Waals surface area contributed by atoms with Gasteiger partial charge in [-0.25, -0.2) is 13.4 Å². The van der Waals surface area contributed by atoms with Crippen molar-refractivity contribution in [2.75, 3.05) is 23.7 Å². The first-order valence-electron chi connectivity index (χ1n) is 10.6. The normalized spacial score (nSPS) is 11.7. The Morgan fingerprint density at radius 1 is 1.09 bits per heavy atom. The predicted octanol–water partition coefficient (Wildman–Crippen LogP) is 5.58. The van der Waals surface area contributed by atoms with E-state index in [-0.39, 0.29) is 4.90 Å². The molecule has 0 saturated heterocycles. The maximum absolute atomic E-state index is 13.3. The maximum atomic E-state index is 13.3. The number of fused-ring (bicyclic) bond motifs is 1. The highest BCUT2D eigenvalue weighted by Gasteiger charge is 2.24. The number of nitrogens with zero attached hydrogens (tertiary/aromatic N) is 4. The molecule has 1 aromatic carbocycles. The van der Waals surface area contributed by atoms with Crippen molar-refractivity contribution < 1.29 is 8.42 Å². The summed E-state index contributed by atoms with van der Waals surface area (Å²) in [6.07, 6.45) is 7.09. The van der Waals surface area contributed by atoms with Gasteiger partial charge in [0.15, 0.2) is 0 Å². The number of H-pyrrole nitrogens is 1. The van der Waals surface area contributed by atoms with Gasteiger partial charge in [-0.1, -0.05) is 17.7 Å². The number of halogens is 1. The summed E-state index contributed by atoms with van der Waals surface area (Å²) in [5.41, 5.74) is 4.59. The fraction of sp³-hybridized carbons (Fsp3) is 0.125. The molecule has 0 bridgehead atoms. The first kappa shape index (κ1) is 23.3. The van der Waals surface area contributed by atoms with E-state index in [1.165, 1.54) is 23.5 Å². The topological polar surface area (TPSA) is 104 Å². The number of nitrogens with one attached hydrogen (secondary N) is 2. The molecule has 178 valence electrons. The Kier molecular flexibility index (Phi) is 5.96. The summed E-state index contributed by atoms with van der Waals surface area (Å²) >= 11 is 7.53. The number of aromatic amines is 1. The molecular formula is C24H21ClN6O2S2. The average Bonchev–Trinajstić information content (AvgIpc) is 3.47. The second-order valence-electron chi connectivity index (χ2n) is 8.17. The number of sulfonamides is 1. The Labute approximate surface area is 211 Å². The van der Waals surface area contributed by atoms with Crippen LogP contribution < -0.4 is 9.62 Å². The second kappa shape index (κ2) is 8.95. The van der Waals surface area contributed by atoms with Gasteiger partial charge >= 0.3 is 0 Å². The van der Waals surface area contributed by atoms with Gasteiger partial charge in [-0.3, -0.25) is 14.8 Å². The molecule has 5 aromatic rings. The van der Waals surface area contributed by atoms with E-state index in [0.717, 1.165) is 27.3 Å². The molecular weight excluding hydrogens is 504 g/mol. The second-order valence-corrected chi connectivity index (χ2v) is 11.3. The lowest BCUT2D eigenvalue weighted by molar-refractivity contribution is 0.601. The summed E-state index contributed by atoms with van der Waals surface area (Å²) in [4.78, 5) is 12.8. The smallest absolute Gasteiger partial charge is 0.261 e. The summed E-state index contributed by atoms with van der Waals surface area (Å²) in [6, 6.07) is 9.93. The first-order chi connectivity index (χ1) is 16.7. The molecule has 0 saturated carbocycles. The van der Waals surface area contributed by atoms with Crippen LogP contribution >= 0.6 is 22.9 Å². The highest BCUT2D eigenvalue weighted by molar-refractivity contribution is 7.92. The van der Waals surface area contributed by atoms with E-state index in [2.05, 4.69) is 19.9 Å². The minimum absolute atomic E-state index is 0.0794. The molecule has 11 heteroatoms. The van der Waals surface area contributed by atoms with E-state index in [9.17, 15) is 8.42 Å². The van der Waals surface area contributed by atoms with E-state index in [1.807, 2.05) is 32.0 Å². The molecule has 8 nitrogen and oxygen atoms in total. The van der Waals surface area contributed by atoms with Gasteiger partial charge in [-0.2, -0.15) is 5.10 Å². The first-order valence-corrected chi connectivity index (χ1v) is 13.2. The zero-order valence-corrected chi connectivity index (χ0v) is 21.5. The molecule has 2 N–H and O–H groups in total. The average molecular weight is 525 g/mol. The van der Waals surface area contributed by atoms with E-state index in [1.54, 1.807) is 43.0 Å². The zero-order chi connectivity index (χ0) is 24.7. The number of aromatic nitrogens is 4. The van der Waals surface area contributed by atoms with Crippen LogP contribution in [0.1, 0.15) is 5.69 Å². The van der Waals surface area contributed by atoms with Gasteiger partial charge in [0.25, 0.3) is 10.0 Å². The fourth-order valence-electron chi connectivity index (χ4n) is 3.80. The highest BCUT2D eigenvalue weighted by atomic mass is 35.5. The van der Waals surface area contributed by atoms with E-state index in [0.29, 0.717) is 26.6 Å². The van der Waals surface area contributed by atoms with Crippen molar-refractivity contribution in [3.63, 3.8) is 0 Å². The van der Waals surface area contributed by atoms with Crippen LogP contribution in [0.4, 0.5) is 11.4 Å². The van der Waals surface area contributed by atoms with Crippen LogP contribution in [0.3, 0.4) is 0 Å². The van der Waals surface area contributed by atoms with Gasteiger partial charge in [-0.05, 0) is 37.3 Å². The van der Waals surface area contributed by atoms with Crippen molar-refractivity contribution in [3.8, 4) is 21.6 Å². The van der Waals surface area contributed by atoms with Crippen LogP contribution in [0.15, 0.2) is 66.1 Å². The van der Waals surface area contributed by atoms with Crippen molar-refractivity contribution in [3.05, 3.63) is 71.9 Å². The van der Waals surface area contributed by atoms with E-state index in [4.69, 9.17) is 16.6 Å². The number of rotatable bonds is 6. The number of anilines is 2. The van der Waals surface area contributed by atoms with Gasteiger partial charge in [0.2, 0.25) is 0 Å². The minimum Gasteiger partial charge on any atom is -0.376 e. The molecule has 4 heterocycles. The number of hydrogen-bond donors (Lipinski definition) is 2. The number of pyridine rings is 2. The van der Waals surface area contributed by atoms with Crippen LogP contribution in [0, 0.1) is 6.92 Å². The third kappa shape index (κ3) is 4.47. The largest absolute Gasteiger partial charge is 0.376 e. The molecule has 0 fully saturated rings. The van der Waals surface area contributed by atoms with Gasteiger partial charge in [0.1, 0.15) is 4.83 Å². The minimum atomic E-state index is -3.91. The van der Waals surface area contributed by atoms with Crippen LogP contribution in [0.5, 0.6) is 0 Å². The van der Waals surface area contributed by atoms with Gasteiger partial charge in [0, 0.05) is 64.2 Å². The molecule has 0 aliphatic rings. The SMILES string of the molecule is Cc1cc(NS(=O)(=O)c2cccc(Cl)c2)c2c(-c3cncc(N(C)C)c3)c(-c3cn[nH]c3)sc2n1.